The quantitative estimate of drug-likeness (QED) is 0.682. The molecule has 0 amide bonds. The van der Waals surface area contributed by atoms with Crippen molar-refractivity contribution < 1.29 is 4.79 Å². The SMILES string of the molecule is CC1(C)C(=O)C(C)(C)C12N=C=C(C#N)C(C#N)(C#N)CS2. The normalized spacial score (nSPS) is 26.5. The number of thioether (sulfide) groups is 1. The Morgan fingerprint density at radius 2 is 1.67 bits per heavy atom. The average molecular weight is 298 g/mol. The minimum atomic E-state index is -1.56. The third-order valence-corrected chi connectivity index (χ3v) is 6.68. The van der Waals surface area contributed by atoms with Gasteiger partial charge in [0.2, 0.25) is 0 Å². The van der Waals surface area contributed by atoms with Crippen LogP contribution in [0.25, 0.3) is 0 Å². The molecule has 6 heteroatoms. The molecule has 1 fully saturated rings. The van der Waals surface area contributed by atoms with Crippen molar-refractivity contribution in [1.29, 1.82) is 15.8 Å². The second-order valence-electron chi connectivity index (χ2n) is 6.35. The van der Waals surface area contributed by atoms with Crippen molar-refractivity contribution >= 4 is 23.4 Å². The molecule has 0 aromatic carbocycles. The van der Waals surface area contributed by atoms with Gasteiger partial charge >= 0.3 is 0 Å². The Morgan fingerprint density at radius 1 is 1.14 bits per heavy atom. The molecule has 0 bridgehead atoms. The molecule has 2 rings (SSSR count). The second kappa shape index (κ2) is 4.22. The van der Waals surface area contributed by atoms with Gasteiger partial charge in [-0.25, -0.2) is 4.99 Å². The van der Waals surface area contributed by atoms with Crippen molar-refractivity contribution in [3.8, 4) is 18.2 Å². The molecule has 1 aliphatic heterocycles. The van der Waals surface area contributed by atoms with Gasteiger partial charge in [-0.2, -0.15) is 15.8 Å². The third-order valence-electron chi connectivity index (χ3n) is 4.57. The number of ketones is 1. The van der Waals surface area contributed by atoms with Crippen LogP contribution in [0.4, 0.5) is 0 Å². The van der Waals surface area contributed by atoms with E-state index < -0.39 is 21.1 Å². The lowest BCUT2D eigenvalue weighted by Gasteiger charge is -2.61. The Kier molecular flexibility index (Phi) is 3.08. The van der Waals surface area contributed by atoms with Gasteiger partial charge in [0.1, 0.15) is 16.5 Å². The molecule has 0 saturated heterocycles. The first-order valence-corrected chi connectivity index (χ1v) is 7.40. The summed E-state index contributed by atoms with van der Waals surface area (Å²) in [6.07, 6.45) is 0. The van der Waals surface area contributed by atoms with E-state index in [1.165, 1.54) is 11.8 Å². The summed E-state index contributed by atoms with van der Waals surface area (Å²) in [5.41, 5.74) is -3.09. The van der Waals surface area contributed by atoms with Gasteiger partial charge in [-0.05, 0) is 27.7 Å². The van der Waals surface area contributed by atoms with Gasteiger partial charge in [-0.3, -0.25) is 4.79 Å². The highest BCUT2D eigenvalue weighted by molar-refractivity contribution is 8.01. The lowest BCUT2D eigenvalue weighted by Crippen LogP contribution is -2.71. The van der Waals surface area contributed by atoms with Crippen LogP contribution < -0.4 is 0 Å². The van der Waals surface area contributed by atoms with Crippen molar-refractivity contribution in [2.75, 3.05) is 5.75 Å². The molecule has 5 nitrogen and oxygen atoms in total. The Morgan fingerprint density at radius 3 is 2.10 bits per heavy atom. The number of nitriles is 3. The Labute approximate surface area is 128 Å². The number of carbonyl (C=O) groups excluding carboxylic acids is 1. The number of hydrogen-bond donors (Lipinski definition) is 0. The maximum Gasteiger partial charge on any atom is 0.196 e. The molecular weight excluding hydrogens is 284 g/mol. The van der Waals surface area contributed by atoms with Gasteiger partial charge < -0.3 is 0 Å². The molecule has 1 aliphatic carbocycles. The van der Waals surface area contributed by atoms with E-state index in [4.69, 9.17) is 0 Å². The van der Waals surface area contributed by atoms with Crippen LogP contribution in [0.2, 0.25) is 0 Å². The summed E-state index contributed by atoms with van der Waals surface area (Å²) in [5.74, 6) is 2.78. The highest BCUT2D eigenvalue weighted by Gasteiger charge is 2.74. The fraction of sp³-hybridized carbons (Fsp3) is 0.600. The largest absolute Gasteiger partial charge is 0.298 e. The monoisotopic (exact) mass is 298 g/mol. The van der Waals surface area contributed by atoms with Crippen molar-refractivity contribution in [3.63, 3.8) is 0 Å². The fourth-order valence-electron chi connectivity index (χ4n) is 3.32. The van der Waals surface area contributed by atoms with E-state index in [1.807, 2.05) is 18.2 Å². The van der Waals surface area contributed by atoms with Crippen LogP contribution in [0.15, 0.2) is 10.6 Å². The maximum atomic E-state index is 12.3. The van der Waals surface area contributed by atoms with Crippen LogP contribution in [0.3, 0.4) is 0 Å². The summed E-state index contributed by atoms with van der Waals surface area (Å²) >= 11 is 1.30. The molecule has 106 valence electrons. The van der Waals surface area contributed by atoms with Gasteiger partial charge in [0.15, 0.2) is 11.2 Å². The van der Waals surface area contributed by atoms with Crippen LogP contribution in [-0.4, -0.2) is 22.3 Å². The molecule has 2 aliphatic rings. The van der Waals surface area contributed by atoms with E-state index in [0.717, 1.165) is 0 Å². The molecular formula is C15H14N4OS. The van der Waals surface area contributed by atoms with Gasteiger partial charge in [0.05, 0.1) is 23.0 Å². The summed E-state index contributed by atoms with van der Waals surface area (Å²) in [5, 5.41) is 27.9. The lowest BCUT2D eigenvalue weighted by atomic mass is 9.50. The molecule has 1 heterocycles. The zero-order chi connectivity index (χ0) is 16.1. The molecule has 0 unspecified atom stereocenters. The summed E-state index contributed by atoms with van der Waals surface area (Å²) in [6, 6.07) is 5.68. The van der Waals surface area contributed by atoms with Gasteiger partial charge in [-0.1, -0.05) is 0 Å². The van der Waals surface area contributed by atoms with E-state index in [1.54, 1.807) is 27.7 Å². The molecule has 21 heavy (non-hydrogen) atoms. The first-order valence-electron chi connectivity index (χ1n) is 6.42. The predicted molar refractivity (Wildman–Crippen MR) is 78.0 cm³/mol. The zero-order valence-corrected chi connectivity index (χ0v) is 13.1. The van der Waals surface area contributed by atoms with E-state index in [0.29, 0.717) is 0 Å². The van der Waals surface area contributed by atoms with Crippen LogP contribution in [-0.2, 0) is 4.79 Å². The predicted octanol–water partition coefficient (Wildman–Crippen LogP) is 2.22. The minimum Gasteiger partial charge on any atom is -0.298 e. The van der Waals surface area contributed by atoms with Crippen LogP contribution in [0.5, 0.6) is 0 Å². The Bertz CT molecular complexity index is 688. The Hall–Kier alpha value is -2.06. The summed E-state index contributed by atoms with van der Waals surface area (Å²) in [7, 11) is 0. The number of allylic oxidation sites excluding steroid dienone is 1. The van der Waals surface area contributed by atoms with E-state index in [9.17, 15) is 20.6 Å². The number of aliphatic imine (C=N–C) groups is 1. The van der Waals surface area contributed by atoms with Crippen LogP contribution in [0, 0.1) is 50.2 Å². The molecule has 0 atom stereocenters. The molecule has 0 aromatic rings. The van der Waals surface area contributed by atoms with E-state index in [2.05, 4.69) is 10.9 Å². The third kappa shape index (κ3) is 1.51. The van der Waals surface area contributed by atoms with Crippen LogP contribution >= 0.6 is 11.8 Å². The minimum absolute atomic E-state index is 0.0768. The molecule has 1 saturated carbocycles. The molecule has 0 aromatic heterocycles. The molecule has 0 radical (unpaired) electrons. The zero-order valence-electron chi connectivity index (χ0n) is 12.3. The van der Waals surface area contributed by atoms with Crippen molar-refractivity contribution in [1.82, 2.24) is 0 Å². The van der Waals surface area contributed by atoms with Gasteiger partial charge in [0, 0.05) is 11.6 Å². The topological polar surface area (TPSA) is 101 Å². The number of nitrogens with zero attached hydrogens (tertiary/aromatic N) is 4. The molecule has 1 spiro atoms. The van der Waals surface area contributed by atoms with E-state index >= 15 is 0 Å². The second-order valence-corrected chi connectivity index (χ2v) is 7.52. The van der Waals surface area contributed by atoms with Gasteiger partial charge in [0.25, 0.3) is 0 Å². The van der Waals surface area contributed by atoms with Crippen molar-refractivity contribution in [2.45, 2.75) is 32.6 Å². The van der Waals surface area contributed by atoms with Crippen molar-refractivity contribution in [3.05, 3.63) is 5.57 Å². The number of hydrogen-bond acceptors (Lipinski definition) is 6. The number of carbonyl (C=O) groups is 1. The molecule has 0 N–H and O–H groups in total. The number of Topliss-reactive ketones (excluding diaryl/α,β-unsaturated/α-hetero) is 1. The smallest absolute Gasteiger partial charge is 0.196 e. The van der Waals surface area contributed by atoms with Crippen molar-refractivity contribution in [2.24, 2.45) is 21.2 Å². The lowest BCUT2D eigenvalue weighted by molar-refractivity contribution is -0.159. The first-order chi connectivity index (χ1) is 9.65. The first kappa shape index (κ1) is 15.3. The number of rotatable bonds is 0. The summed E-state index contributed by atoms with van der Waals surface area (Å²) in [6.45, 7) is 7.21. The highest BCUT2D eigenvalue weighted by Crippen LogP contribution is 2.67. The highest BCUT2D eigenvalue weighted by atomic mass is 32.2. The maximum absolute atomic E-state index is 12.3. The summed E-state index contributed by atoms with van der Waals surface area (Å²) < 4.78 is 0. The van der Waals surface area contributed by atoms with Crippen LogP contribution in [0.1, 0.15) is 27.7 Å². The fourth-order valence-corrected chi connectivity index (χ4v) is 5.03. The average Bonchev–Trinajstić information content (AvgIpc) is 2.64. The van der Waals surface area contributed by atoms with Gasteiger partial charge in [-0.15, -0.1) is 11.8 Å². The standard InChI is InChI=1S/C15H14N4OS/c1-12(2)11(20)13(3,4)15(12)19-6-10(5-16)14(7-17,8-18)9-21-15/h9H2,1-4H3. The Balaban J connectivity index is 2.65. The summed E-state index contributed by atoms with van der Waals surface area (Å²) in [4.78, 5) is 15.9. The van der Waals surface area contributed by atoms with E-state index in [-0.39, 0.29) is 17.1 Å².